The van der Waals surface area contributed by atoms with Crippen molar-refractivity contribution in [2.24, 2.45) is 11.8 Å². The molecule has 0 bridgehead atoms. The van der Waals surface area contributed by atoms with Gasteiger partial charge >= 0.3 is 0 Å². The van der Waals surface area contributed by atoms with Gasteiger partial charge in [-0.3, -0.25) is 15.0 Å². The summed E-state index contributed by atoms with van der Waals surface area (Å²) in [5.74, 6) is 5.44. The van der Waals surface area contributed by atoms with Crippen molar-refractivity contribution in [2.75, 3.05) is 6.54 Å². The molecule has 0 aromatic carbocycles. The summed E-state index contributed by atoms with van der Waals surface area (Å²) in [6.07, 6.45) is 3.55. The number of hydrogen-bond donors (Lipinski definition) is 2. The van der Waals surface area contributed by atoms with Crippen LogP contribution in [-0.2, 0) is 9.59 Å². The highest BCUT2D eigenvalue weighted by atomic mass is 16.2. The van der Waals surface area contributed by atoms with Crippen LogP contribution in [0.3, 0.4) is 0 Å². The molecule has 0 spiro atoms. The standard InChI is InChI=1S/C11H21N3O2/c1-3-9-4-5-10(15)14(7-6-9)8(2)11(16)13-12/h8-9H,3-7,12H2,1-2H3,(H,13,16). The van der Waals surface area contributed by atoms with Crippen LogP contribution in [0.4, 0.5) is 0 Å². The summed E-state index contributed by atoms with van der Waals surface area (Å²) in [6.45, 7) is 4.51. The monoisotopic (exact) mass is 227 g/mol. The highest BCUT2D eigenvalue weighted by Gasteiger charge is 2.28. The molecule has 1 heterocycles. The Morgan fingerprint density at radius 2 is 2.31 bits per heavy atom. The van der Waals surface area contributed by atoms with Crippen LogP contribution < -0.4 is 11.3 Å². The van der Waals surface area contributed by atoms with Crippen molar-refractivity contribution in [3.8, 4) is 0 Å². The molecule has 2 atom stereocenters. The molecule has 0 aromatic rings. The van der Waals surface area contributed by atoms with Crippen molar-refractivity contribution < 1.29 is 9.59 Å². The number of nitrogens with one attached hydrogen (secondary N) is 1. The number of likely N-dealkylation sites (tertiary alicyclic amines) is 1. The van der Waals surface area contributed by atoms with Gasteiger partial charge in [0.05, 0.1) is 0 Å². The number of carbonyl (C=O) groups excluding carboxylic acids is 2. The Labute approximate surface area is 96.3 Å². The van der Waals surface area contributed by atoms with Crippen LogP contribution in [0.5, 0.6) is 0 Å². The number of nitrogens with two attached hydrogens (primary N) is 1. The lowest BCUT2D eigenvalue weighted by Gasteiger charge is -2.26. The van der Waals surface area contributed by atoms with E-state index in [9.17, 15) is 9.59 Å². The molecule has 5 nitrogen and oxygen atoms in total. The minimum Gasteiger partial charge on any atom is -0.331 e. The molecule has 16 heavy (non-hydrogen) atoms. The maximum Gasteiger partial charge on any atom is 0.256 e. The highest BCUT2D eigenvalue weighted by Crippen LogP contribution is 2.22. The summed E-state index contributed by atoms with van der Waals surface area (Å²) in [4.78, 5) is 24.9. The molecule has 0 saturated carbocycles. The van der Waals surface area contributed by atoms with Crippen LogP contribution >= 0.6 is 0 Å². The molecule has 1 fully saturated rings. The molecule has 1 rings (SSSR count). The molecular formula is C11H21N3O2. The zero-order valence-electron chi connectivity index (χ0n) is 10.0. The molecule has 1 aliphatic rings. The van der Waals surface area contributed by atoms with Gasteiger partial charge in [0, 0.05) is 13.0 Å². The predicted molar refractivity (Wildman–Crippen MR) is 61.1 cm³/mol. The highest BCUT2D eigenvalue weighted by molar-refractivity contribution is 5.87. The fourth-order valence-electron chi connectivity index (χ4n) is 2.14. The Morgan fingerprint density at radius 3 is 2.88 bits per heavy atom. The van der Waals surface area contributed by atoms with Gasteiger partial charge in [0.15, 0.2) is 0 Å². The summed E-state index contributed by atoms with van der Waals surface area (Å²) >= 11 is 0. The van der Waals surface area contributed by atoms with Crippen LogP contribution in [0.25, 0.3) is 0 Å². The molecule has 0 aromatic heterocycles. The van der Waals surface area contributed by atoms with Crippen molar-refractivity contribution in [2.45, 2.75) is 45.6 Å². The Balaban J connectivity index is 2.65. The maximum atomic E-state index is 11.8. The van der Waals surface area contributed by atoms with E-state index in [-0.39, 0.29) is 11.8 Å². The van der Waals surface area contributed by atoms with Gasteiger partial charge in [0.1, 0.15) is 6.04 Å². The number of hydrazine groups is 1. The fraction of sp³-hybridized carbons (Fsp3) is 0.818. The lowest BCUT2D eigenvalue weighted by molar-refractivity contribution is -0.139. The molecule has 2 unspecified atom stereocenters. The van der Waals surface area contributed by atoms with Crippen molar-refractivity contribution in [3.05, 3.63) is 0 Å². The first-order chi connectivity index (χ1) is 7.60. The minimum absolute atomic E-state index is 0.0621. The van der Waals surface area contributed by atoms with E-state index in [1.165, 1.54) is 0 Å². The first-order valence-corrected chi connectivity index (χ1v) is 5.90. The Morgan fingerprint density at radius 1 is 1.62 bits per heavy atom. The molecule has 0 radical (unpaired) electrons. The van der Waals surface area contributed by atoms with Crippen LogP contribution in [0.15, 0.2) is 0 Å². The normalized spacial score (nSPS) is 23.8. The van der Waals surface area contributed by atoms with E-state index >= 15 is 0 Å². The zero-order valence-corrected chi connectivity index (χ0v) is 10.0. The van der Waals surface area contributed by atoms with E-state index in [0.29, 0.717) is 18.9 Å². The van der Waals surface area contributed by atoms with E-state index in [2.05, 4.69) is 12.3 Å². The van der Waals surface area contributed by atoms with Gasteiger partial charge in [-0.05, 0) is 25.7 Å². The average molecular weight is 227 g/mol. The lowest BCUT2D eigenvalue weighted by atomic mass is 9.98. The molecular weight excluding hydrogens is 206 g/mol. The summed E-state index contributed by atoms with van der Waals surface area (Å²) in [5, 5.41) is 0. The first kappa shape index (κ1) is 13.0. The van der Waals surface area contributed by atoms with E-state index in [1.807, 2.05) is 0 Å². The Hall–Kier alpha value is -1.10. The van der Waals surface area contributed by atoms with Gasteiger partial charge in [-0.1, -0.05) is 13.3 Å². The van der Waals surface area contributed by atoms with Gasteiger partial charge in [-0.15, -0.1) is 0 Å². The third-order valence-corrected chi connectivity index (χ3v) is 3.43. The topological polar surface area (TPSA) is 75.4 Å². The molecule has 3 N–H and O–H groups in total. The van der Waals surface area contributed by atoms with Crippen LogP contribution in [0.1, 0.15) is 39.5 Å². The largest absolute Gasteiger partial charge is 0.331 e. The van der Waals surface area contributed by atoms with E-state index in [1.54, 1.807) is 11.8 Å². The van der Waals surface area contributed by atoms with Gasteiger partial charge in [0.25, 0.3) is 5.91 Å². The number of hydrogen-bond acceptors (Lipinski definition) is 3. The smallest absolute Gasteiger partial charge is 0.256 e. The molecule has 0 aliphatic carbocycles. The molecule has 2 amide bonds. The van der Waals surface area contributed by atoms with Crippen molar-refractivity contribution >= 4 is 11.8 Å². The molecule has 5 heteroatoms. The summed E-state index contributed by atoms with van der Waals surface area (Å²) in [7, 11) is 0. The second kappa shape index (κ2) is 5.84. The van der Waals surface area contributed by atoms with E-state index in [0.717, 1.165) is 19.3 Å². The van der Waals surface area contributed by atoms with Crippen LogP contribution in [0, 0.1) is 5.92 Å². The second-order valence-electron chi connectivity index (χ2n) is 4.37. The first-order valence-electron chi connectivity index (χ1n) is 5.90. The zero-order chi connectivity index (χ0) is 12.1. The SMILES string of the molecule is CCC1CCC(=O)N(C(C)C(=O)NN)CC1. The number of rotatable bonds is 3. The maximum absolute atomic E-state index is 11.8. The van der Waals surface area contributed by atoms with E-state index < -0.39 is 6.04 Å². The summed E-state index contributed by atoms with van der Waals surface area (Å²) < 4.78 is 0. The average Bonchev–Trinajstić information content (AvgIpc) is 2.49. The number of carbonyl (C=O) groups is 2. The number of nitrogens with zero attached hydrogens (tertiary/aromatic N) is 1. The van der Waals surface area contributed by atoms with Crippen molar-refractivity contribution in [3.63, 3.8) is 0 Å². The van der Waals surface area contributed by atoms with E-state index in [4.69, 9.17) is 5.84 Å². The Kier molecular flexibility index (Phi) is 4.73. The lowest BCUT2D eigenvalue weighted by Crippen LogP contribution is -2.49. The number of amides is 2. The predicted octanol–water partition coefficient (Wildman–Crippen LogP) is 0.404. The van der Waals surface area contributed by atoms with Crippen molar-refractivity contribution in [1.29, 1.82) is 0 Å². The van der Waals surface area contributed by atoms with Gasteiger partial charge < -0.3 is 4.90 Å². The Bertz CT molecular complexity index is 268. The van der Waals surface area contributed by atoms with Crippen molar-refractivity contribution in [1.82, 2.24) is 10.3 Å². The second-order valence-corrected chi connectivity index (χ2v) is 4.37. The minimum atomic E-state index is -0.465. The van der Waals surface area contributed by atoms with Gasteiger partial charge in [-0.25, -0.2) is 5.84 Å². The summed E-state index contributed by atoms with van der Waals surface area (Å²) in [5.41, 5.74) is 2.10. The fourth-order valence-corrected chi connectivity index (χ4v) is 2.14. The quantitative estimate of drug-likeness (QED) is 0.416. The molecule has 92 valence electrons. The molecule has 1 aliphatic heterocycles. The molecule has 1 saturated heterocycles. The van der Waals surface area contributed by atoms with Crippen LogP contribution in [0.2, 0.25) is 0 Å². The third kappa shape index (κ3) is 2.95. The third-order valence-electron chi connectivity index (χ3n) is 3.43. The van der Waals surface area contributed by atoms with Gasteiger partial charge in [-0.2, -0.15) is 0 Å². The van der Waals surface area contributed by atoms with Gasteiger partial charge in [0.2, 0.25) is 5.91 Å². The summed E-state index contributed by atoms with van der Waals surface area (Å²) in [6, 6.07) is -0.465. The van der Waals surface area contributed by atoms with Crippen LogP contribution in [-0.4, -0.2) is 29.3 Å².